The molecule has 27 heavy (non-hydrogen) atoms. The van der Waals surface area contributed by atoms with Crippen molar-refractivity contribution < 1.29 is 9.59 Å². The first kappa shape index (κ1) is 19.4. The zero-order valence-electron chi connectivity index (χ0n) is 15.6. The molecule has 1 aliphatic rings. The van der Waals surface area contributed by atoms with E-state index >= 15 is 0 Å². The average Bonchev–Trinajstić information content (AvgIpc) is 3.07. The summed E-state index contributed by atoms with van der Waals surface area (Å²) >= 11 is 5.89. The second-order valence-electron chi connectivity index (χ2n) is 6.73. The minimum Gasteiger partial charge on any atom is -0.350 e. The van der Waals surface area contributed by atoms with Crippen LogP contribution in [0.1, 0.15) is 58.6 Å². The maximum absolute atomic E-state index is 12.7. The van der Waals surface area contributed by atoms with Crippen molar-refractivity contribution in [1.29, 1.82) is 0 Å². The number of halogens is 1. The van der Waals surface area contributed by atoms with Crippen molar-refractivity contribution >= 4 is 23.4 Å². The molecule has 0 bridgehead atoms. The van der Waals surface area contributed by atoms with Crippen molar-refractivity contribution in [3.63, 3.8) is 0 Å². The van der Waals surface area contributed by atoms with Crippen molar-refractivity contribution in [1.82, 2.24) is 20.2 Å². The molecule has 1 aliphatic heterocycles. The highest BCUT2D eigenvalue weighted by Crippen LogP contribution is 2.21. The van der Waals surface area contributed by atoms with Gasteiger partial charge in [0.15, 0.2) is 5.82 Å². The molecule has 2 aromatic rings. The van der Waals surface area contributed by atoms with Crippen LogP contribution in [-0.2, 0) is 19.4 Å². The first-order valence-electron chi connectivity index (χ1n) is 9.50. The van der Waals surface area contributed by atoms with Gasteiger partial charge in [-0.25, -0.2) is 4.98 Å². The number of fused-ring (bicyclic) bond motifs is 1. The molecule has 0 saturated carbocycles. The smallest absolute Gasteiger partial charge is 0.287 e. The van der Waals surface area contributed by atoms with E-state index in [9.17, 15) is 9.59 Å². The van der Waals surface area contributed by atoms with Crippen LogP contribution >= 0.6 is 11.6 Å². The van der Waals surface area contributed by atoms with Crippen molar-refractivity contribution in [3.05, 3.63) is 52.1 Å². The third-order valence-electron chi connectivity index (χ3n) is 4.68. The van der Waals surface area contributed by atoms with Crippen LogP contribution in [0, 0.1) is 0 Å². The van der Waals surface area contributed by atoms with Gasteiger partial charge in [-0.1, -0.05) is 30.7 Å². The lowest BCUT2D eigenvalue weighted by molar-refractivity contribution is 0.0937. The summed E-state index contributed by atoms with van der Waals surface area (Å²) in [6, 6.07) is 7.57. The number of imidazole rings is 1. The summed E-state index contributed by atoms with van der Waals surface area (Å²) in [5.74, 6) is -0.0784. The number of nitrogens with zero attached hydrogens (tertiary/aromatic N) is 2. The van der Waals surface area contributed by atoms with Gasteiger partial charge in [0, 0.05) is 24.7 Å². The predicted octanol–water partition coefficient (Wildman–Crippen LogP) is 2.99. The number of hydrogen-bond acceptors (Lipinski definition) is 3. The van der Waals surface area contributed by atoms with Crippen molar-refractivity contribution in [2.75, 3.05) is 13.1 Å². The summed E-state index contributed by atoms with van der Waals surface area (Å²) in [6.45, 7) is 3.84. The molecule has 6 nitrogen and oxygen atoms in total. The Labute approximate surface area is 164 Å². The Morgan fingerprint density at radius 3 is 2.59 bits per heavy atom. The summed E-state index contributed by atoms with van der Waals surface area (Å²) < 4.78 is 1.91. The summed E-state index contributed by atoms with van der Waals surface area (Å²) in [7, 11) is 0. The zero-order valence-corrected chi connectivity index (χ0v) is 16.3. The maximum Gasteiger partial charge on any atom is 0.287 e. The van der Waals surface area contributed by atoms with Gasteiger partial charge in [0.2, 0.25) is 0 Å². The molecule has 0 atom stereocenters. The number of hydrogen-bond donors (Lipinski definition) is 2. The molecule has 2 heterocycles. The molecule has 0 fully saturated rings. The van der Waals surface area contributed by atoms with Crippen LogP contribution in [0.25, 0.3) is 0 Å². The Hall–Kier alpha value is -2.34. The number of carbonyl (C=O) groups is 2. The molecule has 3 rings (SSSR count). The first-order valence-corrected chi connectivity index (χ1v) is 9.88. The average molecular weight is 389 g/mol. The van der Waals surface area contributed by atoms with Gasteiger partial charge >= 0.3 is 0 Å². The number of carbonyl (C=O) groups excluding carboxylic acids is 2. The second kappa shape index (κ2) is 9.04. The van der Waals surface area contributed by atoms with Crippen molar-refractivity contribution in [2.24, 2.45) is 0 Å². The quantitative estimate of drug-likeness (QED) is 0.765. The summed E-state index contributed by atoms with van der Waals surface area (Å²) in [5.41, 5.74) is 2.35. The van der Waals surface area contributed by atoms with Crippen LogP contribution in [0.15, 0.2) is 24.3 Å². The second-order valence-corrected chi connectivity index (χ2v) is 7.16. The number of aromatic nitrogens is 2. The summed E-state index contributed by atoms with van der Waals surface area (Å²) in [4.78, 5) is 29.5. The molecule has 2 N–H and O–H groups in total. The van der Waals surface area contributed by atoms with Gasteiger partial charge < -0.3 is 15.2 Å². The molecule has 1 aromatic heterocycles. The van der Waals surface area contributed by atoms with Crippen LogP contribution < -0.4 is 10.6 Å². The summed E-state index contributed by atoms with van der Waals surface area (Å²) in [6.07, 6.45) is 4.34. The first-order chi connectivity index (χ1) is 13.1. The monoisotopic (exact) mass is 388 g/mol. The van der Waals surface area contributed by atoms with E-state index in [4.69, 9.17) is 11.6 Å². The Kier molecular flexibility index (Phi) is 6.50. The van der Waals surface area contributed by atoms with Crippen LogP contribution in [0.3, 0.4) is 0 Å². The molecule has 0 spiro atoms. The molecule has 7 heteroatoms. The van der Waals surface area contributed by atoms with E-state index < -0.39 is 0 Å². The van der Waals surface area contributed by atoms with E-state index in [2.05, 4.69) is 15.6 Å². The Morgan fingerprint density at radius 2 is 1.85 bits per heavy atom. The number of benzene rings is 1. The Bertz CT molecular complexity index is 814. The highest BCUT2D eigenvalue weighted by molar-refractivity contribution is 6.30. The lowest BCUT2D eigenvalue weighted by Crippen LogP contribution is -2.28. The fourth-order valence-corrected chi connectivity index (χ4v) is 3.40. The molecule has 0 aliphatic carbocycles. The highest BCUT2D eigenvalue weighted by atomic mass is 35.5. The summed E-state index contributed by atoms with van der Waals surface area (Å²) in [5, 5.41) is 6.48. The molecule has 144 valence electrons. The lowest BCUT2D eigenvalue weighted by Gasteiger charge is -2.17. The Morgan fingerprint density at radius 1 is 1.11 bits per heavy atom. The van der Waals surface area contributed by atoms with Gasteiger partial charge in [-0.05, 0) is 49.8 Å². The lowest BCUT2D eigenvalue weighted by atomic mass is 10.1. The van der Waals surface area contributed by atoms with Gasteiger partial charge in [0.1, 0.15) is 5.69 Å². The largest absolute Gasteiger partial charge is 0.350 e. The fourth-order valence-electron chi connectivity index (χ4n) is 3.27. The van der Waals surface area contributed by atoms with Crippen LogP contribution in [0.2, 0.25) is 5.02 Å². The van der Waals surface area contributed by atoms with E-state index in [1.165, 1.54) is 0 Å². The van der Waals surface area contributed by atoms with E-state index in [0.717, 1.165) is 43.5 Å². The third-order valence-corrected chi connectivity index (χ3v) is 4.94. The minimum atomic E-state index is -0.218. The fraction of sp³-hybridized carbons (Fsp3) is 0.450. The highest BCUT2D eigenvalue weighted by Gasteiger charge is 2.27. The van der Waals surface area contributed by atoms with Gasteiger partial charge in [-0.15, -0.1) is 0 Å². The van der Waals surface area contributed by atoms with E-state index in [0.29, 0.717) is 36.1 Å². The number of amides is 2. The van der Waals surface area contributed by atoms with Gasteiger partial charge in [0.05, 0.1) is 5.69 Å². The number of nitrogens with one attached hydrogen (secondary N) is 2. The standard InChI is InChI=1S/C20H25ClN4O2/c1-2-11-22-20(27)18-24-17(16-5-3-4-13-25(16)18)19(26)23-12-10-14-6-8-15(21)9-7-14/h6-9H,2-5,10-13H2,1H3,(H,22,27)(H,23,26). The van der Waals surface area contributed by atoms with Crippen LogP contribution in [0.5, 0.6) is 0 Å². The van der Waals surface area contributed by atoms with Gasteiger partial charge in [-0.2, -0.15) is 0 Å². The van der Waals surface area contributed by atoms with Crippen molar-refractivity contribution in [2.45, 2.75) is 45.6 Å². The van der Waals surface area contributed by atoms with Crippen LogP contribution in [0.4, 0.5) is 0 Å². The maximum atomic E-state index is 12.7. The zero-order chi connectivity index (χ0) is 19.2. The molecular weight excluding hydrogens is 364 g/mol. The number of rotatable bonds is 7. The molecule has 1 aromatic carbocycles. The van der Waals surface area contributed by atoms with Gasteiger partial charge in [-0.3, -0.25) is 9.59 Å². The molecule has 0 unspecified atom stereocenters. The topological polar surface area (TPSA) is 76.0 Å². The third kappa shape index (κ3) is 4.69. The van der Waals surface area contributed by atoms with Gasteiger partial charge in [0.25, 0.3) is 11.8 Å². The van der Waals surface area contributed by atoms with Crippen LogP contribution in [-0.4, -0.2) is 34.5 Å². The molecular formula is C20H25ClN4O2. The Balaban J connectivity index is 1.69. The van der Waals surface area contributed by atoms with E-state index in [1.54, 1.807) is 0 Å². The minimum absolute atomic E-state index is 0.208. The van der Waals surface area contributed by atoms with E-state index in [-0.39, 0.29) is 11.8 Å². The molecule has 0 radical (unpaired) electrons. The SMILES string of the molecule is CCCNC(=O)c1nc(C(=O)NCCc2ccc(Cl)cc2)c2n1CCCC2. The predicted molar refractivity (Wildman–Crippen MR) is 105 cm³/mol. The molecule has 2 amide bonds. The van der Waals surface area contributed by atoms with Crippen molar-refractivity contribution in [3.8, 4) is 0 Å². The van der Waals surface area contributed by atoms with E-state index in [1.807, 2.05) is 35.8 Å². The molecule has 0 saturated heterocycles. The normalized spacial score (nSPS) is 13.1.